The van der Waals surface area contributed by atoms with E-state index in [1.807, 2.05) is 0 Å². The third-order valence-electron chi connectivity index (χ3n) is 5.41. The van der Waals surface area contributed by atoms with Gasteiger partial charge in [-0.1, -0.05) is 42.5 Å². The van der Waals surface area contributed by atoms with Crippen LogP contribution in [0.3, 0.4) is 0 Å². The maximum atomic E-state index is 4.88. The number of hydrogen-bond acceptors (Lipinski definition) is 5. The van der Waals surface area contributed by atoms with E-state index < -0.39 is 0 Å². The summed E-state index contributed by atoms with van der Waals surface area (Å²) in [4.78, 5) is 9.39. The summed E-state index contributed by atoms with van der Waals surface area (Å²) in [5.74, 6) is 1.60. The summed E-state index contributed by atoms with van der Waals surface area (Å²) >= 11 is 0. The summed E-state index contributed by atoms with van der Waals surface area (Å²) in [5.41, 5.74) is 5.36. The van der Waals surface area contributed by atoms with Crippen LogP contribution < -0.4 is 9.80 Å². The molecule has 0 spiro atoms. The van der Waals surface area contributed by atoms with Gasteiger partial charge in [-0.2, -0.15) is 10.1 Å². The maximum Gasteiger partial charge on any atom is 0.252 e. The summed E-state index contributed by atoms with van der Waals surface area (Å²) in [6.07, 6.45) is 3.84. The molecule has 2 aliphatic rings. The zero-order valence-corrected chi connectivity index (χ0v) is 14.8. The number of aromatic nitrogens is 3. The molecular weight excluding hydrogens is 322 g/mol. The van der Waals surface area contributed by atoms with Crippen LogP contribution in [0.2, 0.25) is 0 Å². The predicted octanol–water partition coefficient (Wildman–Crippen LogP) is 3.52. The van der Waals surface area contributed by atoms with Gasteiger partial charge < -0.3 is 9.80 Å². The molecule has 5 nitrogen and oxygen atoms in total. The molecule has 0 amide bonds. The first kappa shape index (κ1) is 15.3. The van der Waals surface area contributed by atoms with Crippen molar-refractivity contribution >= 4 is 17.5 Å². The van der Waals surface area contributed by atoms with Gasteiger partial charge in [0.05, 0.1) is 6.20 Å². The van der Waals surface area contributed by atoms with E-state index in [0.29, 0.717) is 12.0 Å². The fourth-order valence-corrected chi connectivity index (χ4v) is 4.10. The lowest BCUT2D eigenvalue weighted by Gasteiger charge is -2.30. The molecule has 3 heterocycles. The zero-order valence-electron chi connectivity index (χ0n) is 14.8. The van der Waals surface area contributed by atoms with Crippen molar-refractivity contribution in [2.45, 2.75) is 32.4 Å². The zero-order chi connectivity index (χ0) is 17.5. The first-order valence-corrected chi connectivity index (χ1v) is 9.18. The quantitative estimate of drug-likeness (QED) is 0.712. The summed E-state index contributed by atoms with van der Waals surface area (Å²) in [5, 5.41) is 8.62. The molecule has 0 fully saturated rings. The molecule has 3 aromatic rings. The van der Waals surface area contributed by atoms with Crippen molar-refractivity contribution in [3.63, 3.8) is 0 Å². The van der Waals surface area contributed by atoms with Crippen LogP contribution in [0.25, 0.3) is 0 Å². The highest BCUT2D eigenvalue weighted by Gasteiger charge is 2.29. The maximum absolute atomic E-state index is 4.88. The molecule has 0 aliphatic carbocycles. The van der Waals surface area contributed by atoms with E-state index in [-0.39, 0.29) is 0 Å². The molecular formula is C21H21N5. The number of fused-ring (bicyclic) bond motifs is 2. The van der Waals surface area contributed by atoms with Gasteiger partial charge in [0.15, 0.2) is 5.82 Å². The normalized spacial score (nSPS) is 18.6. The Morgan fingerprint density at radius 1 is 0.962 bits per heavy atom. The lowest BCUT2D eigenvalue weighted by atomic mass is 10.0. The van der Waals surface area contributed by atoms with E-state index in [9.17, 15) is 0 Å². The predicted molar refractivity (Wildman–Crippen MR) is 103 cm³/mol. The van der Waals surface area contributed by atoms with Crippen molar-refractivity contribution in [1.82, 2.24) is 15.2 Å². The Balaban J connectivity index is 1.47. The average Bonchev–Trinajstić information content (AvgIpc) is 3.03. The van der Waals surface area contributed by atoms with Crippen molar-refractivity contribution in [3.8, 4) is 0 Å². The molecule has 1 unspecified atom stereocenters. The minimum Gasteiger partial charge on any atom is -0.350 e. The number of nitrogens with zero attached hydrogens (tertiary/aromatic N) is 5. The second kappa shape index (κ2) is 6.09. The Morgan fingerprint density at radius 2 is 1.73 bits per heavy atom. The molecule has 0 saturated heterocycles. The number of para-hydroxylation sites is 1. The Labute approximate surface area is 153 Å². The van der Waals surface area contributed by atoms with Crippen LogP contribution in [0.4, 0.5) is 17.5 Å². The lowest BCUT2D eigenvalue weighted by molar-refractivity contribution is 0.698. The Hall–Kier alpha value is -2.95. The standard InChI is InChI=1S/C21H21N5/c1-15-12-17-7-4-5-9-19(17)26(15)21-23-20(13-22-24-21)25-11-10-16-6-2-3-8-18(16)14-25/h2-9,13,15H,10-12,14H2,1H3. The molecule has 0 saturated carbocycles. The van der Waals surface area contributed by atoms with Gasteiger partial charge in [-0.05, 0) is 42.5 Å². The smallest absolute Gasteiger partial charge is 0.252 e. The van der Waals surface area contributed by atoms with Crippen molar-refractivity contribution in [2.24, 2.45) is 0 Å². The summed E-state index contributed by atoms with van der Waals surface area (Å²) < 4.78 is 0. The highest BCUT2D eigenvalue weighted by atomic mass is 15.4. The summed E-state index contributed by atoms with van der Waals surface area (Å²) in [7, 11) is 0. The van der Waals surface area contributed by atoms with Crippen LogP contribution in [0.5, 0.6) is 0 Å². The Morgan fingerprint density at radius 3 is 2.62 bits per heavy atom. The SMILES string of the molecule is CC1Cc2ccccc2N1c1nncc(N2CCc3ccccc3C2)n1. The highest BCUT2D eigenvalue weighted by molar-refractivity contribution is 5.67. The molecule has 1 aromatic heterocycles. The summed E-state index contributed by atoms with van der Waals surface area (Å²) in [6.45, 7) is 4.05. The Bertz CT molecular complexity index is 954. The molecule has 130 valence electrons. The molecule has 0 N–H and O–H groups in total. The van der Waals surface area contributed by atoms with Crippen molar-refractivity contribution in [1.29, 1.82) is 0 Å². The van der Waals surface area contributed by atoms with Crippen LogP contribution in [0.1, 0.15) is 23.6 Å². The third kappa shape index (κ3) is 2.51. The molecule has 0 radical (unpaired) electrons. The average molecular weight is 343 g/mol. The van der Waals surface area contributed by atoms with E-state index in [4.69, 9.17) is 4.98 Å². The van der Waals surface area contributed by atoms with Gasteiger partial charge in [-0.25, -0.2) is 0 Å². The van der Waals surface area contributed by atoms with Crippen molar-refractivity contribution in [2.75, 3.05) is 16.3 Å². The number of hydrogen-bond donors (Lipinski definition) is 0. The number of anilines is 3. The van der Waals surface area contributed by atoms with E-state index >= 15 is 0 Å². The number of benzene rings is 2. The van der Waals surface area contributed by atoms with Gasteiger partial charge >= 0.3 is 0 Å². The van der Waals surface area contributed by atoms with Gasteiger partial charge in [-0.3, -0.25) is 0 Å². The molecule has 2 aliphatic heterocycles. The Kier molecular flexibility index (Phi) is 3.59. The van der Waals surface area contributed by atoms with Crippen molar-refractivity contribution in [3.05, 3.63) is 71.4 Å². The first-order chi connectivity index (χ1) is 12.8. The van der Waals surface area contributed by atoms with E-state index in [2.05, 4.69) is 75.5 Å². The van der Waals surface area contributed by atoms with E-state index in [0.717, 1.165) is 31.7 Å². The first-order valence-electron chi connectivity index (χ1n) is 9.18. The van der Waals surface area contributed by atoms with Crippen LogP contribution in [0, 0.1) is 0 Å². The largest absolute Gasteiger partial charge is 0.350 e. The topological polar surface area (TPSA) is 45.2 Å². The second-order valence-electron chi connectivity index (χ2n) is 7.11. The van der Waals surface area contributed by atoms with Gasteiger partial charge in [0.25, 0.3) is 5.95 Å². The molecule has 5 heteroatoms. The van der Waals surface area contributed by atoms with Gasteiger partial charge in [0.1, 0.15) is 0 Å². The lowest BCUT2D eigenvalue weighted by Crippen LogP contribution is -2.32. The van der Waals surface area contributed by atoms with Gasteiger partial charge in [0.2, 0.25) is 0 Å². The fourth-order valence-electron chi connectivity index (χ4n) is 4.10. The molecule has 5 rings (SSSR count). The molecule has 1 atom stereocenters. The van der Waals surface area contributed by atoms with Crippen LogP contribution >= 0.6 is 0 Å². The third-order valence-corrected chi connectivity index (χ3v) is 5.41. The monoisotopic (exact) mass is 343 g/mol. The highest BCUT2D eigenvalue weighted by Crippen LogP contribution is 2.36. The van der Waals surface area contributed by atoms with Crippen molar-refractivity contribution < 1.29 is 0 Å². The van der Waals surface area contributed by atoms with Crippen LogP contribution in [0.15, 0.2) is 54.7 Å². The molecule has 2 aromatic carbocycles. The molecule has 0 bridgehead atoms. The second-order valence-corrected chi connectivity index (χ2v) is 7.11. The number of rotatable bonds is 2. The van der Waals surface area contributed by atoms with Crippen LogP contribution in [-0.2, 0) is 19.4 Å². The summed E-state index contributed by atoms with van der Waals surface area (Å²) in [6, 6.07) is 17.5. The molecule has 26 heavy (non-hydrogen) atoms. The van der Waals surface area contributed by atoms with Gasteiger partial charge in [-0.15, -0.1) is 5.10 Å². The minimum absolute atomic E-state index is 0.339. The fraction of sp³-hybridized carbons (Fsp3) is 0.286. The van der Waals surface area contributed by atoms with E-state index in [1.54, 1.807) is 6.20 Å². The van der Waals surface area contributed by atoms with Crippen LogP contribution in [-0.4, -0.2) is 27.8 Å². The minimum atomic E-state index is 0.339. The van der Waals surface area contributed by atoms with E-state index in [1.165, 1.54) is 22.4 Å². The van der Waals surface area contributed by atoms with Gasteiger partial charge in [0, 0.05) is 24.8 Å².